The monoisotopic (exact) mass is 316 g/mol. The van der Waals surface area contributed by atoms with Gasteiger partial charge in [-0.15, -0.1) is 0 Å². The smallest absolute Gasteiger partial charge is 0.306 e. The predicted molar refractivity (Wildman–Crippen MR) is 87.7 cm³/mol. The lowest BCUT2D eigenvalue weighted by Crippen LogP contribution is -2.04. The number of unbranched alkanes of at least 4 members (excludes halogenated alkanes) is 3. The van der Waals surface area contributed by atoms with E-state index in [4.69, 9.17) is 4.74 Å². The van der Waals surface area contributed by atoms with Gasteiger partial charge >= 0.3 is 5.97 Å². The molecule has 0 fully saturated rings. The third-order valence-electron chi connectivity index (χ3n) is 3.97. The van der Waals surface area contributed by atoms with Gasteiger partial charge in [-0.05, 0) is 36.5 Å². The van der Waals surface area contributed by atoms with E-state index in [-0.39, 0.29) is 18.2 Å². The van der Waals surface area contributed by atoms with Crippen LogP contribution in [0.3, 0.4) is 0 Å². The lowest BCUT2D eigenvalue weighted by atomic mass is 10.0. The summed E-state index contributed by atoms with van der Waals surface area (Å²) in [6.45, 7) is 0.332. The summed E-state index contributed by atoms with van der Waals surface area (Å²) in [5.41, 5.74) is 1.76. The number of aliphatic hydroxyl groups excluding tert-OH is 1. The van der Waals surface area contributed by atoms with Crippen LogP contribution in [0.25, 0.3) is 0 Å². The number of aliphatic hydroxyl groups is 1. The molecule has 1 aliphatic carbocycles. The molecule has 0 radical (unpaired) electrons. The number of rotatable bonds is 9. The van der Waals surface area contributed by atoms with Crippen molar-refractivity contribution >= 4 is 11.8 Å². The van der Waals surface area contributed by atoms with Crippen LogP contribution < -0.4 is 0 Å². The molecule has 1 aromatic rings. The Balaban J connectivity index is 1.49. The van der Waals surface area contributed by atoms with Crippen LogP contribution in [0.4, 0.5) is 0 Å². The van der Waals surface area contributed by atoms with Crippen molar-refractivity contribution < 1.29 is 19.4 Å². The summed E-state index contributed by atoms with van der Waals surface area (Å²) in [6.07, 6.45) is 6.15. The average molecular weight is 316 g/mol. The van der Waals surface area contributed by atoms with Gasteiger partial charge in [0.15, 0.2) is 5.78 Å². The van der Waals surface area contributed by atoms with Gasteiger partial charge < -0.3 is 9.84 Å². The lowest BCUT2D eigenvalue weighted by Gasteiger charge is -2.05. The molecule has 0 amide bonds. The molecule has 0 bridgehead atoms. The molecule has 0 aromatic heterocycles. The first-order valence-electron chi connectivity index (χ1n) is 8.26. The lowest BCUT2D eigenvalue weighted by molar-refractivity contribution is -0.145. The maximum atomic E-state index is 11.6. The first-order valence-corrected chi connectivity index (χ1v) is 8.26. The van der Waals surface area contributed by atoms with Crippen LogP contribution in [-0.4, -0.2) is 23.0 Å². The summed E-state index contributed by atoms with van der Waals surface area (Å²) in [6, 6.07) is 9.65. The number of benzene rings is 1. The zero-order valence-corrected chi connectivity index (χ0v) is 13.4. The molecule has 124 valence electrons. The second kappa shape index (κ2) is 9.26. The van der Waals surface area contributed by atoms with Crippen LogP contribution in [0, 0.1) is 0 Å². The SMILES string of the molecule is O=C(CCCCCCC1=C[C@H](O)CC1=O)OCc1ccccc1. The number of carbonyl (C=O) groups excluding carboxylic acids is 2. The Morgan fingerprint density at radius 2 is 1.87 bits per heavy atom. The zero-order chi connectivity index (χ0) is 16.5. The summed E-state index contributed by atoms with van der Waals surface area (Å²) < 4.78 is 5.22. The molecule has 0 aliphatic heterocycles. The van der Waals surface area contributed by atoms with Gasteiger partial charge in [-0.3, -0.25) is 9.59 Å². The van der Waals surface area contributed by atoms with Crippen LogP contribution in [0.5, 0.6) is 0 Å². The minimum Gasteiger partial charge on any atom is -0.461 e. The summed E-state index contributed by atoms with van der Waals surface area (Å²) in [5, 5.41) is 9.36. The number of carbonyl (C=O) groups is 2. The first-order chi connectivity index (χ1) is 11.1. The second-order valence-electron chi connectivity index (χ2n) is 5.95. The Morgan fingerprint density at radius 1 is 1.13 bits per heavy atom. The zero-order valence-electron chi connectivity index (χ0n) is 13.4. The average Bonchev–Trinajstić information content (AvgIpc) is 2.87. The van der Waals surface area contributed by atoms with Crippen molar-refractivity contribution in [3.05, 3.63) is 47.5 Å². The van der Waals surface area contributed by atoms with E-state index in [1.165, 1.54) is 0 Å². The van der Waals surface area contributed by atoms with Crippen LogP contribution in [-0.2, 0) is 20.9 Å². The van der Waals surface area contributed by atoms with Crippen molar-refractivity contribution in [2.75, 3.05) is 0 Å². The van der Waals surface area contributed by atoms with E-state index in [1.807, 2.05) is 30.3 Å². The Bertz CT molecular complexity index is 548. The first kappa shape index (κ1) is 17.4. The number of hydrogen-bond donors (Lipinski definition) is 1. The largest absolute Gasteiger partial charge is 0.461 e. The predicted octanol–water partition coefficient (Wildman–Crippen LogP) is 3.33. The van der Waals surface area contributed by atoms with Gasteiger partial charge in [0.2, 0.25) is 0 Å². The van der Waals surface area contributed by atoms with E-state index < -0.39 is 6.10 Å². The van der Waals surface area contributed by atoms with Crippen molar-refractivity contribution in [1.82, 2.24) is 0 Å². The minimum atomic E-state index is -0.586. The molecule has 4 nitrogen and oxygen atoms in total. The van der Waals surface area contributed by atoms with Gasteiger partial charge in [-0.1, -0.05) is 43.2 Å². The Kier molecular flexibility index (Phi) is 7.01. The molecule has 1 N–H and O–H groups in total. The second-order valence-corrected chi connectivity index (χ2v) is 5.95. The van der Waals surface area contributed by atoms with E-state index in [1.54, 1.807) is 6.08 Å². The molecule has 0 unspecified atom stereocenters. The van der Waals surface area contributed by atoms with Gasteiger partial charge in [0.1, 0.15) is 6.61 Å². The fraction of sp³-hybridized carbons (Fsp3) is 0.474. The number of hydrogen-bond acceptors (Lipinski definition) is 4. The van der Waals surface area contributed by atoms with Gasteiger partial charge in [-0.2, -0.15) is 0 Å². The molecule has 4 heteroatoms. The fourth-order valence-electron chi connectivity index (χ4n) is 2.68. The van der Waals surface area contributed by atoms with E-state index in [2.05, 4.69) is 0 Å². The molecule has 1 atom stereocenters. The number of allylic oxidation sites excluding steroid dienone is 1. The highest BCUT2D eigenvalue weighted by atomic mass is 16.5. The van der Waals surface area contributed by atoms with E-state index in [0.717, 1.165) is 43.2 Å². The van der Waals surface area contributed by atoms with Gasteiger partial charge in [0.05, 0.1) is 6.10 Å². The molecule has 23 heavy (non-hydrogen) atoms. The Hall–Kier alpha value is -1.94. The van der Waals surface area contributed by atoms with E-state index in [0.29, 0.717) is 13.0 Å². The van der Waals surface area contributed by atoms with Gasteiger partial charge in [-0.25, -0.2) is 0 Å². The molecule has 1 aromatic carbocycles. The molecule has 1 aliphatic rings. The molecule has 0 spiro atoms. The highest BCUT2D eigenvalue weighted by molar-refractivity contribution is 5.98. The van der Waals surface area contributed by atoms with Crippen molar-refractivity contribution in [2.24, 2.45) is 0 Å². The number of ketones is 1. The van der Waals surface area contributed by atoms with Gasteiger partial charge in [0, 0.05) is 12.8 Å². The van der Waals surface area contributed by atoms with Crippen molar-refractivity contribution in [3.8, 4) is 0 Å². The van der Waals surface area contributed by atoms with Gasteiger partial charge in [0.25, 0.3) is 0 Å². The Labute approximate surface area is 137 Å². The third-order valence-corrected chi connectivity index (χ3v) is 3.97. The molecular weight excluding hydrogens is 292 g/mol. The third kappa shape index (κ3) is 6.37. The Morgan fingerprint density at radius 3 is 2.57 bits per heavy atom. The standard InChI is InChI=1S/C19H24O4/c20-17-12-16(18(21)13-17)10-6-1-2-7-11-19(22)23-14-15-8-4-3-5-9-15/h3-5,8-9,12,17,20H,1-2,6-7,10-11,13-14H2/t17-/m0/s1. The van der Waals surface area contributed by atoms with Crippen LogP contribution in [0.1, 0.15) is 50.5 Å². The summed E-state index contributed by atoms with van der Waals surface area (Å²) in [4.78, 5) is 23.1. The minimum absolute atomic E-state index is 0.0713. The quantitative estimate of drug-likeness (QED) is 0.560. The van der Waals surface area contributed by atoms with E-state index in [9.17, 15) is 14.7 Å². The summed E-state index contributed by atoms with van der Waals surface area (Å²) in [7, 11) is 0. The van der Waals surface area contributed by atoms with Crippen LogP contribution in [0.2, 0.25) is 0 Å². The number of ether oxygens (including phenoxy) is 1. The fourth-order valence-corrected chi connectivity index (χ4v) is 2.68. The van der Waals surface area contributed by atoms with Crippen molar-refractivity contribution in [2.45, 2.75) is 57.7 Å². The van der Waals surface area contributed by atoms with Crippen molar-refractivity contribution in [1.29, 1.82) is 0 Å². The molecule has 0 saturated heterocycles. The van der Waals surface area contributed by atoms with Crippen LogP contribution >= 0.6 is 0 Å². The number of Topliss-reactive ketones (excluding diaryl/α,β-unsaturated/α-hetero) is 1. The van der Waals surface area contributed by atoms with E-state index >= 15 is 0 Å². The maximum absolute atomic E-state index is 11.6. The topological polar surface area (TPSA) is 63.6 Å². The molecule has 0 saturated carbocycles. The van der Waals surface area contributed by atoms with Crippen LogP contribution in [0.15, 0.2) is 42.0 Å². The highest BCUT2D eigenvalue weighted by Crippen LogP contribution is 2.20. The normalized spacial score (nSPS) is 17.2. The number of esters is 1. The summed E-state index contributed by atoms with van der Waals surface area (Å²) >= 11 is 0. The highest BCUT2D eigenvalue weighted by Gasteiger charge is 2.21. The van der Waals surface area contributed by atoms with Crippen molar-refractivity contribution in [3.63, 3.8) is 0 Å². The molecular formula is C19H24O4. The molecule has 0 heterocycles. The molecule has 2 rings (SSSR count). The maximum Gasteiger partial charge on any atom is 0.306 e. The summed E-state index contributed by atoms with van der Waals surface area (Å²) in [5.74, 6) is -0.0901.